The minimum absolute atomic E-state index is 0.126. The molecule has 0 aliphatic carbocycles. The number of fused-ring (bicyclic) bond motifs is 1. The van der Waals surface area contributed by atoms with E-state index in [4.69, 9.17) is 18.9 Å². The first kappa shape index (κ1) is 39.1. The van der Waals surface area contributed by atoms with Gasteiger partial charge in [-0.3, -0.25) is 14.4 Å². The third-order valence-corrected chi connectivity index (χ3v) is 8.53. The van der Waals surface area contributed by atoms with Gasteiger partial charge >= 0.3 is 17.9 Å². The van der Waals surface area contributed by atoms with Crippen LogP contribution in [0, 0.1) is 0 Å². The van der Waals surface area contributed by atoms with E-state index in [1.165, 1.54) is 64.2 Å². The van der Waals surface area contributed by atoms with E-state index < -0.39 is 18.0 Å². The molecule has 0 bridgehead atoms. The maximum absolute atomic E-state index is 13.0. The summed E-state index contributed by atoms with van der Waals surface area (Å²) in [6.45, 7) is 5.92. The molecule has 0 aliphatic rings. The molecule has 0 heterocycles. The summed E-state index contributed by atoms with van der Waals surface area (Å²) in [5, 5.41) is 2.01. The number of ether oxygens (including phenoxy) is 4. The fourth-order valence-corrected chi connectivity index (χ4v) is 5.50. The molecule has 0 saturated heterocycles. The van der Waals surface area contributed by atoms with Gasteiger partial charge in [0.05, 0.1) is 13.0 Å². The van der Waals surface area contributed by atoms with Crippen LogP contribution in [0.5, 0.6) is 5.75 Å². The summed E-state index contributed by atoms with van der Waals surface area (Å²) in [5.41, 5.74) is 0.822. The largest absolute Gasteiger partial charge is 0.497 e. The molecule has 2 unspecified atom stereocenters. The van der Waals surface area contributed by atoms with Crippen LogP contribution in [0.4, 0.5) is 0 Å². The Morgan fingerprint density at radius 1 is 0.609 bits per heavy atom. The van der Waals surface area contributed by atoms with E-state index >= 15 is 0 Å². The van der Waals surface area contributed by atoms with Crippen molar-refractivity contribution in [3.05, 3.63) is 42.0 Å². The Bertz CT molecular complexity index is 1140. The number of carbonyl (C=O) groups excluding carboxylic acids is 3. The molecule has 2 rings (SSSR count). The SMILES string of the molecule is CCCCCCCCCCC(=O)OCC(COC(=O)C(C)c1ccc2cc(OC)ccc2c1)OC(=O)CCCCCCCCCC. The molecule has 0 aromatic heterocycles. The van der Waals surface area contributed by atoms with Crippen molar-refractivity contribution in [2.75, 3.05) is 20.3 Å². The number of hydrogen-bond donors (Lipinski definition) is 0. The average Bonchev–Trinajstić information content (AvgIpc) is 3.07. The molecule has 0 amide bonds. The molecule has 7 nitrogen and oxygen atoms in total. The minimum atomic E-state index is -0.843. The van der Waals surface area contributed by atoms with Crippen LogP contribution in [0.15, 0.2) is 36.4 Å². The third-order valence-electron chi connectivity index (χ3n) is 8.53. The summed E-state index contributed by atoms with van der Waals surface area (Å²) in [7, 11) is 1.63. The molecule has 2 aromatic rings. The molecule has 46 heavy (non-hydrogen) atoms. The van der Waals surface area contributed by atoms with Crippen molar-refractivity contribution in [1.29, 1.82) is 0 Å². The minimum Gasteiger partial charge on any atom is -0.497 e. The van der Waals surface area contributed by atoms with Gasteiger partial charge in [0.2, 0.25) is 0 Å². The van der Waals surface area contributed by atoms with Crippen molar-refractivity contribution < 1.29 is 33.3 Å². The van der Waals surface area contributed by atoms with Crippen LogP contribution in [0.1, 0.15) is 148 Å². The zero-order chi connectivity index (χ0) is 33.4. The summed E-state index contributed by atoms with van der Waals surface area (Å²) in [6.07, 6.45) is 18.0. The lowest BCUT2D eigenvalue weighted by Crippen LogP contribution is -2.31. The monoisotopic (exact) mass is 640 g/mol. The number of benzene rings is 2. The maximum atomic E-state index is 13.0. The lowest BCUT2D eigenvalue weighted by Gasteiger charge is -2.20. The van der Waals surface area contributed by atoms with E-state index in [0.29, 0.717) is 12.8 Å². The van der Waals surface area contributed by atoms with E-state index in [9.17, 15) is 14.4 Å². The van der Waals surface area contributed by atoms with Crippen molar-refractivity contribution in [1.82, 2.24) is 0 Å². The van der Waals surface area contributed by atoms with Gasteiger partial charge in [-0.15, -0.1) is 0 Å². The zero-order valence-electron chi connectivity index (χ0n) is 29.1. The molecule has 0 aliphatic heterocycles. The Morgan fingerprint density at radius 3 is 1.70 bits per heavy atom. The van der Waals surface area contributed by atoms with E-state index in [2.05, 4.69) is 13.8 Å². The summed E-state index contributed by atoms with van der Waals surface area (Å²) in [6, 6.07) is 11.6. The maximum Gasteiger partial charge on any atom is 0.313 e. The van der Waals surface area contributed by atoms with Crippen molar-refractivity contribution >= 4 is 28.7 Å². The van der Waals surface area contributed by atoms with Gasteiger partial charge in [0.15, 0.2) is 6.10 Å². The van der Waals surface area contributed by atoms with Gasteiger partial charge in [0.25, 0.3) is 0 Å². The number of carbonyl (C=O) groups is 3. The topological polar surface area (TPSA) is 88.1 Å². The highest BCUT2D eigenvalue weighted by Crippen LogP contribution is 2.26. The Kier molecular flexibility index (Phi) is 20.5. The molecule has 0 N–H and O–H groups in total. The molecule has 0 saturated carbocycles. The Balaban J connectivity index is 1.85. The third kappa shape index (κ3) is 16.5. The Morgan fingerprint density at radius 2 is 1.11 bits per heavy atom. The molecule has 0 spiro atoms. The highest BCUT2D eigenvalue weighted by Gasteiger charge is 2.23. The van der Waals surface area contributed by atoms with Crippen LogP contribution < -0.4 is 4.74 Å². The summed E-state index contributed by atoms with van der Waals surface area (Å²) >= 11 is 0. The molecule has 0 radical (unpaired) electrons. The molecule has 0 fully saturated rings. The normalized spacial score (nSPS) is 12.4. The van der Waals surface area contributed by atoms with Crippen LogP contribution in [0.3, 0.4) is 0 Å². The second-order valence-electron chi connectivity index (χ2n) is 12.6. The van der Waals surface area contributed by atoms with Crippen molar-refractivity contribution in [2.24, 2.45) is 0 Å². The molecular weight excluding hydrogens is 580 g/mol. The van der Waals surface area contributed by atoms with E-state index in [1.807, 2.05) is 36.4 Å². The fraction of sp³-hybridized carbons (Fsp3) is 0.667. The lowest BCUT2D eigenvalue weighted by atomic mass is 9.98. The summed E-state index contributed by atoms with van der Waals surface area (Å²) in [5.74, 6) is -0.854. The first-order chi connectivity index (χ1) is 22.4. The van der Waals surface area contributed by atoms with Gasteiger partial charge in [0, 0.05) is 12.8 Å². The van der Waals surface area contributed by atoms with Crippen molar-refractivity contribution in [3.8, 4) is 5.75 Å². The van der Waals surface area contributed by atoms with Gasteiger partial charge < -0.3 is 18.9 Å². The van der Waals surface area contributed by atoms with Crippen LogP contribution in [0.25, 0.3) is 10.8 Å². The van der Waals surface area contributed by atoms with Gasteiger partial charge in [-0.25, -0.2) is 0 Å². The average molecular weight is 641 g/mol. The fourth-order valence-electron chi connectivity index (χ4n) is 5.50. The lowest BCUT2D eigenvalue weighted by molar-refractivity contribution is -0.167. The van der Waals surface area contributed by atoms with Crippen molar-refractivity contribution in [2.45, 2.75) is 148 Å². The highest BCUT2D eigenvalue weighted by atomic mass is 16.6. The Labute approximate surface area is 278 Å². The molecular formula is C39H60O7. The first-order valence-corrected chi connectivity index (χ1v) is 18.0. The van der Waals surface area contributed by atoms with Gasteiger partial charge in [-0.1, -0.05) is 128 Å². The van der Waals surface area contributed by atoms with E-state index in [1.54, 1.807) is 14.0 Å². The van der Waals surface area contributed by atoms with Crippen LogP contribution in [0.2, 0.25) is 0 Å². The van der Waals surface area contributed by atoms with Crippen LogP contribution in [-0.4, -0.2) is 44.3 Å². The van der Waals surface area contributed by atoms with Crippen LogP contribution in [-0.2, 0) is 28.6 Å². The number of methoxy groups -OCH3 is 1. The highest BCUT2D eigenvalue weighted by molar-refractivity contribution is 5.86. The second kappa shape index (κ2) is 24.1. The number of esters is 3. The van der Waals surface area contributed by atoms with Gasteiger partial charge in [-0.2, -0.15) is 0 Å². The quantitative estimate of drug-likeness (QED) is 0.0574. The van der Waals surface area contributed by atoms with Gasteiger partial charge in [0.1, 0.15) is 19.0 Å². The summed E-state index contributed by atoms with van der Waals surface area (Å²) in [4.78, 5) is 38.2. The molecule has 2 aromatic carbocycles. The van der Waals surface area contributed by atoms with Crippen molar-refractivity contribution in [3.63, 3.8) is 0 Å². The van der Waals surface area contributed by atoms with E-state index in [-0.39, 0.29) is 25.2 Å². The first-order valence-electron chi connectivity index (χ1n) is 18.0. The second-order valence-corrected chi connectivity index (χ2v) is 12.6. The molecule has 7 heteroatoms. The molecule has 2 atom stereocenters. The smallest absolute Gasteiger partial charge is 0.313 e. The summed E-state index contributed by atoms with van der Waals surface area (Å²) < 4.78 is 22.1. The number of hydrogen-bond acceptors (Lipinski definition) is 7. The van der Waals surface area contributed by atoms with E-state index in [0.717, 1.165) is 60.6 Å². The Hall–Kier alpha value is -3.09. The van der Waals surface area contributed by atoms with Crippen LogP contribution >= 0.6 is 0 Å². The number of unbranched alkanes of at least 4 members (excludes halogenated alkanes) is 14. The predicted octanol–water partition coefficient (Wildman–Crippen LogP) is 10.0. The zero-order valence-corrected chi connectivity index (χ0v) is 29.1. The predicted molar refractivity (Wildman–Crippen MR) is 185 cm³/mol. The van der Waals surface area contributed by atoms with Gasteiger partial charge in [-0.05, 0) is 48.2 Å². The number of rotatable bonds is 26. The standard InChI is InChI=1S/C39H60O7/c1-5-7-9-11-13-15-17-19-21-37(40)44-29-36(46-38(41)22-20-18-16-14-12-10-8-6-2)30-45-39(42)31(3)32-23-24-34-28-35(43-4)26-25-33(34)27-32/h23-28,31,36H,5-22,29-30H2,1-4H3. The molecule has 258 valence electrons.